The molecule has 0 heterocycles. The van der Waals surface area contributed by atoms with Crippen molar-refractivity contribution in [1.29, 1.82) is 0 Å². The Morgan fingerprint density at radius 3 is 2.29 bits per heavy atom. The van der Waals surface area contributed by atoms with Gasteiger partial charge in [-0.15, -0.1) is 0 Å². The van der Waals surface area contributed by atoms with Crippen molar-refractivity contribution in [1.82, 2.24) is 4.72 Å². The topological polar surface area (TPSA) is 58.2 Å². The van der Waals surface area contributed by atoms with Gasteiger partial charge in [0.15, 0.2) is 0 Å². The van der Waals surface area contributed by atoms with Crippen molar-refractivity contribution in [2.45, 2.75) is 57.9 Å². The number of aryl methyl sites for hydroxylation is 2. The summed E-state index contributed by atoms with van der Waals surface area (Å²) < 4.78 is 28.0. The van der Waals surface area contributed by atoms with Crippen molar-refractivity contribution in [2.24, 2.45) is 5.92 Å². The van der Waals surface area contributed by atoms with E-state index in [1.165, 1.54) is 0 Å². The van der Waals surface area contributed by atoms with E-state index in [4.69, 9.17) is 0 Å². The molecule has 0 saturated heterocycles. The molecule has 1 fully saturated rings. The van der Waals surface area contributed by atoms with E-state index < -0.39 is 10.0 Å². The number of nitrogens with one attached hydrogen (secondary N) is 2. The van der Waals surface area contributed by atoms with Gasteiger partial charge in [0.25, 0.3) is 0 Å². The van der Waals surface area contributed by atoms with Gasteiger partial charge in [-0.25, -0.2) is 13.1 Å². The average Bonchev–Trinajstić information content (AvgIpc) is 3.12. The summed E-state index contributed by atoms with van der Waals surface area (Å²) >= 11 is 0. The molecule has 0 aliphatic heterocycles. The van der Waals surface area contributed by atoms with Crippen LogP contribution < -0.4 is 10.0 Å². The van der Waals surface area contributed by atoms with E-state index in [9.17, 15) is 8.42 Å². The van der Waals surface area contributed by atoms with Crippen molar-refractivity contribution in [3.05, 3.63) is 23.3 Å². The van der Waals surface area contributed by atoms with Crippen LogP contribution in [0.25, 0.3) is 0 Å². The highest BCUT2D eigenvalue weighted by atomic mass is 32.2. The van der Waals surface area contributed by atoms with E-state index in [1.54, 1.807) is 0 Å². The van der Waals surface area contributed by atoms with Gasteiger partial charge < -0.3 is 5.32 Å². The number of anilines is 1. The van der Waals surface area contributed by atoms with Gasteiger partial charge in [0, 0.05) is 18.3 Å². The first kappa shape index (κ1) is 16.3. The first-order valence-corrected chi connectivity index (χ1v) is 9.24. The molecule has 0 radical (unpaired) electrons. The fraction of sp³-hybridized carbons (Fsp3) is 0.625. The molecule has 1 aliphatic carbocycles. The van der Waals surface area contributed by atoms with Gasteiger partial charge in [0.2, 0.25) is 10.0 Å². The van der Waals surface area contributed by atoms with Crippen LogP contribution in [0.4, 0.5) is 5.69 Å². The summed E-state index contributed by atoms with van der Waals surface area (Å²) in [6.07, 6.45) is 3.04. The number of benzene rings is 1. The van der Waals surface area contributed by atoms with Gasteiger partial charge in [-0.05, 0) is 55.9 Å². The molecule has 118 valence electrons. The molecule has 1 aromatic rings. The number of hydrogen-bond donors (Lipinski definition) is 2. The van der Waals surface area contributed by atoms with Crippen molar-refractivity contribution < 1.29 is 8.42 Å². The zero-order valence-electron chi connectivity index (χ0n) is 13.4. The third-order valence-corrected chi connectivity index (χ3v) is 5.86. The quantitative estimate of drug-likeness (QED) is 0.813. The molecule has 5 heteroatoms. The highest BCUT2D eigenvalue weighted by Gasteiger charge is 2.39. The van der Waals surface area contributed by atoms with Crippen LogP contribution >= 0.6 is 0 Å². The Bertz CT molecular complexity index is 588. The van der Waals surface area contributed by atoms with Crippen LogP contribution in [0.2, 0.25) is 0 Å². The summed E-state index contributed by atoms with van der Waals surface area (Å²) in [5.74, 6) is 0.505. The molecule has 1 aliphatic rings. The lowest BCUT2D eigenvalue weighted by Gasteiger charge is -2.15. The second-order valence-electron chi connectivity index (χ2n) is 6.00. The molecular weight excluding hydrogens is 284 g/mol. The average molecular weight is 310 g/mol. The van der Waals surface area contributed by atoms with Gasteiger partial charge in [-0.3, -0.25) is 0 Å². The highest BCUT2D eigenvalue weighted by molar-refractivity contribution is 7.89. The summed E-state index contributed by atoms with van der Waals surface area (Å²) in [6.45, 7) is 8.83. The van der Waals surface area contributed by atoms with E-state index in [-0.39, 0.29) is 6.04 Å². The van der Waals surface area contributed by atoms with Crippen molar-refractivity contribution in [2.75, 3.05) is 11.9 Å². The second kappa shape index (κ2) is 6.36. The summed E-state index contributed by atoms with van der Waals surface area (Å²) in [6, 6.07) is 3.96. The van der Waals surface area contributed by atoms with Crippen LogP contribution in [0.1, 0.15) is 44.2 Å². The number of hydrogen-bond acceptors (Lipinski definition) is 3. The minimum absolute atomic E-state index is 0.122. The fourth-order valence-corrected chi connectivity index (χ4v) is 4.62. The summed E-state index contributed by atoms with van der Waals surface area (Å²) in [4.78, 5) is 0.436. The lowest BCUT2D eigenvalue weighted by Crippen LogP contribution is -2.28. The zero-order chi connectivity index (χ0) is 15.6. The normalized spacial score (nSPS) is 21.3. The molecule has 0 aromatic heterocycles. The van der Waals surface area contributed by atoms with E-state index in [1.807, 2.05) is 26.0 Å². The molecular formula is C16H26N2O2S. The predicted octanol–water partition coefficient (Wildman–Crippen LogP) is 3.20. The predicted molar refractivity (Wildman–Crippen MR) is 87.2 cm³/mol. The van der Waals surface area contributed by atoms with Crippen molar-refractivity contribution >= 4 is 15.7 Å². The summed E-state index contributed by atoms with van der Waals surface area (Å²) in [5, 5.41) is 3.31. The first-order chi connectivity index (χ1) is 9.89. The van der Waals surface area contributed by atoms with Crippen molar-refractivity contribution in [3.63, 3.8) is 0 Å². The molecule has 0 amide bonds. The van der Waals surface area contributed by atoms with Gasteiger partial charge in [0.05, 0.1) is 4.90 Å². The van der Waals surface area contributed by atoms with Gasteiger partial charge in [-0.1, -0.05) is 20.3 Å². The van der Waals surface area contributed by atoms with Crippen LogP contribution in [0.3, 0.4) is 0 Å². The van der Waals surface area contributed by atoms with Gasteiger partial charge in [0.1, 0.15) is 0 Å². The maximum Gasteiger partial charge on any atom is 0.241 e. The first-order valence-electron chi connectivity index (χ1n) is 7.76. The monoisotopic (exact) mass is 310 g/mol. The van der Waals surface area contributed by atoms with Crippen molar-refractivity contribution in [3.8, 4) is 0 Å². The van der Waals surface area contributed by atoms with E-state index in [0.717, 1.165) is 42.6 Å². The Morgan fingerprint density at radius 1 is 1.19 bits per heavy atom. The lowest BCUT2D eigenvalue weighted by molar-refractivity contribution is 0.574. The maximum absolute atomic E-state index is 12.6. The Hall–Kier alpha value is -1.07. The Labute approximate surface area is 128 Å². The lowest BCUT2D eigenvalue weighted by atomic mass is 10.1. The van der Waals surface area contributed by atoms with E-state index >= 15 is 0 Å². The molecule has 1 aromatic carbocycles. The SMILES string of the molecule is CCCNc1cc(C)c(S(=O)(=O)NC2CC2CC)c(C)c1. The highest BCUT2D eigenvalue weighted by Crippen LogP contribution is 2.35. The largest absolute Gasteiger partial charge is 0.385 e. The third kappa shape index (κ3) is 3.77. The Kier molecular flexibility index (Phi) is 4.94. The smallest absolute Gasteiger partial charge is 0.241 e. The molecule has 0 spiro atoms. The molecule has 2 N–H and O–H groups in total. The molecule has 1 saturated carbocycles. The van der Waals surface area contributed by atoms with E-state index in [2.05, 4.69) is 23.9 Å². The van der Waals surface area contributed by atoms with E-state index in [0.29, 0.717) is 10.8 Å². The second-order valence-corrected chi connectivity index (χ2v) is 7.65. The minimum Gasteiger partial charge on any atom is -0.385 e. The van der Waals surface area contributed by atoms with Gasteiger partial charge >= 0.3 is 0 Å². The third-order valence-electron chi connectivity index (χ3n) is 4.06. The molecule has 21 heavy (non-hydrogen) atoms. The Balaban J connectivity index is 2.22. The molecule has 2 unspecified atom stereocenters. The van der Waals surface area contributed by atoms with Crippen LogP contribution in [-0.2, 0) is 10.0 Å². The molecule has 0 bridgehead atoms. The number of sulfonamides is 1. The van der Waals surface area contributed by atoms with Crippen LogP contribution in [-0.4, -0.2) is 21.0 Å². The molecule has 2 rings (SSSR count). The summed E-state index contributed by atoms with van der Waals surface area (Å²) in [5.41, 5.74) is 2.59. The maximum atomic E-state index is 12.6. The molecule has 4 nitrogen and oxygen atoms in total. The summed E-state index contributed by atoms with van der Waals surface area (Å²) in [7, 11) is -3.42. The minimum atomic E-state index is -3.42. The zero-order valence-corrected chi connectivity index (χ0v) is 14.2. The van der Waals surface area contributed by atoms with Crippen LogP contribution in [0.5, 0.6) is 0 Å². The standard InChI is InChI=1S/C16H26N2O2S/c1-5-7-17-14-8-11(3)16(12(4)9-14)21(19,20)18-15-10-13(15)6-2/h8-9,13,15,17-18H,5-7,10H2,1-4H3. The Morgan fingerprint density at radius 2 is 1.81 bits per heavy atom. The van der Waals surface area contributed by atoms with Crippen LogP contribution in [0, 0.1) is 19.8 Å². The number of rotatable bonds is 7. The van der Waals surface area contributed by atoms with Crippen LogP contribution in [0.15, 0.2) is 17.0 Å². The molecule has 2 atom stereocenters. The van der Waals surface area contributed by atoms with Gasteiger partial charge in [-0.2, -0.15) is 0 Å². The fourth-order valence-electron chi connectivity index (χ4n) is 2.85.